The van der Waals surface area contributed by atoms with Crippen molar-refractivity contribution in [3.8, 4) is 0 Å². The van der Waals surface area contributed by atoms with Crippen LogP contribution in [-0.2, 0) is 9.53 Å². The summed E-state index contributed by atoms with van der Waals surface area (Å²) in [4.78, 5) is 10.6. The van der Waals surface area contributed by atoms with Crippen LogP contribution in [0.5, 0.6) is 0 Å². The molecule has 0 aromatic rings. The minimum absolute atomic E-state index is 0.0888. The van der Waals surface area contributed by atoms with Crippen molar-refractivity contribution in [2.45, 2.75) is 24.8 Å². The molecule has 0 bridgehead atoms. The van der Waals surface area contributed by atoms with Crippen molar-refractivity contribution in [3.63, 3.8) is 0 Å². The number of halogens is 1. The Kier molecular flexibility index (Phi) is 4.40. The lowest BCUT2D eigenvalue weighted by molar-refractivity contribution is -0.142. The molecule has 0 aromatic heterocycles. The standard InChI is InChI=1S/C6H12ClNO2/c1-4(7)3-5(8)6(9)10-2/h4-5H,3,8H2,1-2H3/t4?,5-/m1/s1. The highest BCUT2D eigenvalue weighted by molar-refractivity contribution is 6.20. The zero-order chi connectivity index (χ0) is 8.15. The van der Waals surface area contributed by atoms with Gasteiger partial charge in [-0.3, -0.25) is 4.79 Å². The minimum Gasteiger partial charge on any atom is -0.468 e. The molecule has 10 heavy (non-hydrogen) atoms. The Hall–Kier alpha value is -0.280. The van der Waals surface area contributed by atoms with Gasteiger partial charge in [0.25, 0.3) is 0 Å². The number of rotatable bonds is 3. The molecule has 0 fully saturated rings. The molecule has 0 spiro atoms. The predicted octanol–water partition coefficient (Wildman–Crippen LogP) is 0.504. The fourth-order valence-corrected chi connectivity index (χ4v) is 0.789. The highest BCUT2D eigenvalue weighted by Crippen LogP contribution is 2.03. The van der Waals surface area contributed by atoms with Gasteiger partial charge in [-0.2, -0.15) is 0 Å². The van der Waals surface area contributed by atoms with Gasteiger partial charge in [-0.05, 0) is 13.3 Å². The summed E-state index contributed by atoms with van der Waals surface area (Å²) >= 11 is 5.59. The van der Waals surface area contributed by atoms with Gasteiger partial charge in [0, 0.05) is 5.38 Å². The highest BCUT2D eigenvalue weighted by Gasteiger charge is 2.15. The van der Waals surface area contributed by atoms with Crippen molar-refractivity contribution in [2.24, 2.45) is 5.73 Å². The van der Waals surface area contributed by atoms with Crippen molar-refractivity contribution in [1.82, 2.24) is 0 Å². The lowest BCUT2D eigenvalue weighted by atomic mass is 10.2. The fraction of sp³-hybridized carbons (Fsp3) is 0.833. The monoisotopic (exact) mass is 165 g/mol. The molecule has 0 saturated carbocycles. The van der Waals surface area contributed by atoms with Crippen LogP contribution < -0.4 is 5.73 Å². The zero-order valence-corrected chi connectivity index (χ0v) is 6.89. The van der Waals surface area contributed by atoms with Gasteiger partial charge in [-0.15, -0.1) is 11.6 Å². The molecule has 2 N–H and O–H groups in total. The predicted molar refractivity (Wildman–Crippen MR) is 39.9 cm³/mol. The molecule has 0 rings (SSSR count). The first-order valence-electron chi connectivity index (χ1n) is 3.05. The number of alkyl halides is 1. The molecule has 1 unspecified atom stereocenters. The quantitative estimate of drug-likeness (QED) is 0.490. The molecule has 0 amide bonds. The maximum atomic E-state index is 10.6. The van der Waals surface area contributed by atoms with Gasteiger partial charge in [-0.25, -0.2) is 0 Å². The van der Waals surface area contributed by atoms with Crippen molar-refractivity contribution in [1.29, 1.82) is 0 Å². The molecule has 4 heteroatoms. The maximum absolute atomic E-state index is 10.6. The van der Waals surface area contributed by atoms with Crippen molar-refractivity contribution in [3.05, 3.63) is 0 Å². The van der Waals surface area contributed by atoms with E-state index in [4.69, 9.17) is 17.3 Å². The molecule has 0 saturated heterocycles. The lowest BCUT2D eigenvalue weighted by Gasteiger charge is -2.09. The summed E-state index contributed by atoms with van der Waals surface area (Å²) in [7, 11) is 1.31. The van der Waals surface area contributed by atoms with E-state index >= 15 is 0 Å². The lowest BCUT2D eigenvalue weighted by Crippen LogP contribution is -2.33. The van der Waals surface area contributed by atoms with Gasteiger partial charge in [0.2, 0.25) is 0 Å². The molecule has 3 nitrogen and oxygen atoms in total. The van der Waals surface area contributed by atoms with Crippen LogP contribution in [-0.4, -0.2) is 24.5 Å². The van der Waals surface area contributed by atoms with Crippen LogP contribution in [0.3, 0.4) is 0 Å². The van der Waals surface area contributed by atoms with E-state index in [-0.39, 0.29) is 5.38 Å². The Morgan fingerprint density at radius 1 is 1.80 bits per heavy atom. The van der Waals surface area contributed by atoms with Gasteiger partial charge in [0.05, 0.1) is 7.11 Å². The van der Waals surface area contributed by atoms with Crippen molar-refractivity contribution < 1.29 is 9.53 Å². The smallest absolute Gasteiger partial charge is 0.322 e. The summed E-state index contributed by atoms with van der Waals surface area (Å²) in [6.45, 7) is 1.78. The second kappa shape index (κ2) is 4.52. The average Bonchev–Trinajstić information content (AvgIpc) is 1.85. The third-order valence-electron chi connectivity index (χ3n) is 1.08. The summed E-state index contributed by atoms with van der Waals surface area (Å²) in [6.07, 6.45) is 0.453. The van der Waals surface area contributed by atoms with Crippen molar-refractivity contribution in [2.75, 3.05) is 7.11 Å². The molecule has 0 heterocycles. The number of methoxy groups -OCH3 is 1. The Labute approximate surface area is 65.5 Å². The first-order chi connectivity index (χ1) is 4.57. The number of hydrogen-bond acceptors (Lipinski definition) is 3. The van der Waals surface area contributed by atoms with E-state index in [0.29, 0.717) is 6.42 Å². The molecule has 0 aromatic carbocycles. The number of esters is 1. The average molecular weight is 166 g/mol. The molecule has 0 aliphatic rings. The Morgan fingerprint density at radius 3 is 2.60 bits per heavy atom. The largest absolute Gasteiger partial charge is 0.468 e. The Bertz CT molecular complexity index is 116. The van der Waals surface area contributed by atoms with E-state index in [1.807, 2.05) is 0 Å². The van der Waals surface area contributed by atoms with Crippen LogP contribution in [0.2, 0.25) is 0 Å². The van der Waals surface area contributed by atoms with Crippen LogP contribution in [0.4, 0.5) is 0 Å². The zero-order valence-electron chi connectivity index (χ0n) is 6.13. The third kappa shape index (κ3) is 3.69. The number of ether oxygens (including phenoxy) is 1. The molecule has 0 aliphatic heterocycles. The van der Waals surface area contributed by atoms with Crippen LogP contribution in [0.15, 0.2) is 0 Å². The Morgan fingerprint density at radius 2 is 2.30 bits per heavy atom. The van der Waals surface area contributed by atoms with Crippen molar-refractivity contribution >= 4 is 17.6 Å². The SMILES string of the molecule is COC(=O)[C@H](N)CC(C)Cl. The fourth-order valence-electron chi connectivity index (χ4n) is 0.598. The molecule has 2 atom stereocenters. The minimum atomic E-state index is -0.586. The van der Waals surface area contributed by atoms with Gasteiger partial charge < -0.3 is 10.5 Å². The van der Waals surface area contributed by atoms with Crippen LogP contribution in [0.25, 0.3) is 0 Å². The summed E-state index contributed by atoms with van der Waals surface area (Å²) < 4.78 is 4.39. The second-order valence-corrected chi connectivity index (χ2v) is 2.89. The van der Waals surface area contributed by atoms with Gasteiger partial charge >= 0.3 is 5.97 Å². The van der Waals surface area contributed by atoms with Gasteiger partial charge in [-0.1, -0.05) is 0 Å². The van der Waals surface area contributed by atoms with E-state index in [9.17, 15) is 4.79 Å². The third-order valence-corrected chi connectivity index (χ3v) is 1.26. The first-order valence-corrected chi connectivity index (χ1v) is 3.49. The van der Waals surface area contributed by atoms with E-state index in [1.54, 1.807) is 6.92 Å². The highest BCUT2D eigenvalue weighted by atomic mass is 35.5. The number of hydrogen-bond donors (Lipinski definition) is 1. The van der Waals surface area contributed by atoms with Crippen LogP contribution in [0.1, 0.15) is 13.3 Å². The number of carbonyl (C=O) groups excluding carboxylic acids is 1. The van der Waals surface area contributed by atoms with E-state index < -0.39 is 12.0 Å². The van der Waals surface area contributed by atoms with Crippen LogP contribution in [0, 0.1) is 0 Å². The molecular weight excluding hydrogens is 154 g/mol. The van der Waals surface area contributed by atoms with E-state index in [0.717, 1.165) is 0 Å². The molecule has 0 aliphatic carbocycles. The Balaban J connectivity index is 3.61. The second-order valence-electron chi connectivity index (χ2n) is 2.15. The normalized spacial score (nSPS) is 16.0. The summed E-state index contributed by atoms with van der Waals surface area (Å²) in [5, 5.41) is -0.0888. The van der Waals surface area contributed by atoms with E-state index in [2.05, 4.69) is 4.74 Å². The summed E-state index contributed by atoms with van der Waals surface area (Å²) in [5.74, 6) is -0.410. The number of carbonyl (C=O) groups is 1. The van der Waals surface area contributed by atoms with E-state index in [1.165, 1.54) is 7.11 Å². The van der Waals surface area contributed by atoms with Gasteiger partial charge in [0.15, 0.2) is 0 Å². The van der Waals surface area contributed by atoms with Crippen LogP contribution >= 0.6 is 11.6 Å². The summed E-state index contributed by atoms with van der Waals surface area (Å²) in [5.41, 5.74) is 5.37. The molecule has 0 radical (unpaired) electrons. The molecular formula is C6H12ClNO2. The first kappa shape index (κ1) is 9.72. The maximum Gasteiger partial charge on any atom is 0.322 e. The van der Waals surface area contributed by atoms with Gasteiger partial charge in [0.1, 0.15) is 6.04 Å². The molecule has 60 valence electrons. The topological polar surface area (TPSA) is 52.3 Å². The number of nitrogens with two attached hydrogens (primary N) is 1. The summed E-state index contributed by atoms with van der Waals surface area (Å²) in [6, 6.07) is -0.586.